The van der Waals surface area contributed by atoms with Gasteiger partial charge in [-0.2, -0.15) is 0 Å². The van der Waals surface area contributed by atoms with Crippen LogP contribution in [0.5, 0.6) is 0 Å². The van der Waals surface area contributed by atoms with Crippen LogP contribution in [0.3, 0.4) is 0 Å². The van der Waals surface area contributed by atoms with E-state index in [9.17, 15) is 14.9 Å². The fraction of sp³-hybridized carbons (Fsp3) is 0.524. The fourth-order valence-corrected chi connectivity index (χ4v) is 3.70. The van der Waals surface area contributed by atoms with Crippen LogP contribution in [-0.2, 0) is 16.1 Å². The van der Waals surface area contributed by atoms with E-state index < -0.39 is 4.92 Å². The van der Waals surface area contributed by atoms with Crippen molar-refractivity contribution in [3.63, 3.8) is 0 Å². The summed E-state index contributed by atoms with van der Waals surface area (Å²) < 4.78 is 5.34. The van der Waals surface area contributed by atoms with Crippen LogP contribution in [0, 0.1) is 16.0 Å². The van der Waals surface area contributed by atoms with Crippen molar-refractivity contribution >= 4 is 41.5 Å². The smallest absolute Gasteiger partial charge is 0.269 e. The molecule has 10 heteroatoms. The molecule has 0 aromatic heterocycles. The van der Waals surface area contributed by atoms with Crippen LogP contribution in [0.15, 0.2) is 41.9 Å². The van der Waals surface area contributed by atoms with Crippen LogP contribution in [0.2, 0.25) is 0 Å². The first kappa shape index (κ1) is 25.1. The highest BCUT2D eigenvalue weighted by Crippen LogP contribution is 2.21. The third-order valence-electron chi connectivity index (χ3n) is 5.43. The quantitative estimate of drug-likeness (QED) is 0.148. The van der Waals surface area contributed by atoms with E-state index in [1.807, 2.05) is 4.90 Å². The van der Waals surface area contributed by atoms with Crippen molar-refractivity contribution in [1.29, 1.82) is 0 Å². The van der Waals surface area contributed by atoms with Gasteiger partial charge >= 0.3 is 0 Å². The van der Waals surface area contributed by atoms with E-state index >= 15 is 0 Å². The molecule has 0 unspecified atom stereocenters. The Morgan fingerprint density at radius 1 is 1.19 bits per heavy atom. The zero-order chi connectivity index (χ0) is 21.3. The number of hydrogen-bond donors (Lipinski definition) is 1. The summed E-state index contributed by atoms with van der Waals surface area (Å²) in [5.74, 6) is 1.06. The van der Waals surface area contributed by atoms with Gasteiger partial charge < -0.3 is 19.9 Å². The number of nitro benzene ring substituents is 1. The van der Waals surface area contributed by atoms with Crippen molar-refractivity contribution in [3.05, 3.63) is 52.6 Å². The van der Waals surface area contributed by atoms with Crippen LogP contribution in [0.1, 0.15) is 18.4 Å². The molecular formula is C21H30IN5O4. The first-order chi connectivity index (χ1) is 14.6. The maximum atomic E-state index is 12.7. The molecular weight excluding hydrogens is 513 g/mol. The number of rotatable bonds is 6. The van der Waals surface area contributed by atoms with E-state index in [-0.39, 0.29) is 41.5 Å². The molecule has 2 fully saturated rings. The number of carbonyl (C=O) groups excluding carboxylic acids is 1. The molecule has 1 aromatic rings. The van der Waals surface area contributed by atoms with Crippen LogP contribution in [-0.4, -0.2) is 72.5 Å². The Morgan fingerprint density at radius 2 is 1.84 bits per heavy atom. The zero-order valence-electron chi connectivity index (χ0n) is 17.6. The Kier molecular flexibility index (Phi) is 10.2. The number of nitrogens with one attached hydrogen (secondary N) is 1. The van der Waals surface area contributed by atoms with Gasteiger partial charge in [-0.05, 0) is 18.4 Å². The molecule has 0 aliphatic carbocycles. The van der Waals surface area contributed by atoms with E-state index in [4.69, 9.17) is 9.73 Å². The number of amides is 1. The molecule has 1 N–H and O–H groups in total. The first-order valence-corrected chi connectivity index (χ1v) is 10.3. The normalized spacial score (nSPS) is 17.6. The molecule has 170 valence electrons. The van der Waals surface area contributed by atoms with Crippen molar-refractivity contribution in [2.24, 2.45) is 10.9 Å². The van der Waals surface area contributed by atoms with Gasteiger partial charge in [0.15, 0.2) is 5.96 Å². The molecule has 2 aliphatic rings. The number of benzene rings is 1. The highest BCUT2D eigenvalue weighted by Gasteiger charge is 2.30. The average Bonchev–Trinajstić information content (AvgIpc) is 2.80. The Bertz CT molecular complexity index is 772. The fourth-order valence-electron chi connectivity index (χ4n) is 3.70. The maximum Gasteiger partial charge on any atom is 0.269 e. The number of hydrogen-bond acceptors (Lipinski definition) is 5. The van der Waals surface area contributed by atoms with E-state index in [1.54, 1.807) is 18.2 Å². The van der Waals surface area contributed by atoms with Crippen molar-refractivity contribution in [1.82, 2.24) is 15.1 Å². The third-order valence-corrected chi connectivity index (χ3v) is 5.43. The Balaban J connectivity index is 0.00000341. The monoisotopic (exact) mass is 543 g/mol. The molecule has 1 amide bonds. The lowest BCUT2D eigenvalue weighted by atomic mass is 9.95. The van der Waals surface area contributed by atoms with Gasteiger partial charge in [-0.15, -0.1) is 30.6 Å². The minimum absolute atomic E-state index is 0. The van der Waals surface area contributed by atoms with Crippen LogP contribution in [0.25, 0.3) is 0 Å². The van der Waals surface area contributed by atoms with E-state index in [2.05, 4.69) is 16.8 Å². The molecule has 3 rings (SSSR count). The molecule has 31 heavy (non-hydrogen) atoms. The number of carbonyl (C=O) groups is 1. The van der Waals surface area contributed by atoms with Crippen molar-refractivity contribution < 1.29 is 14.5 Å². The Hall–Kier alpha value is -2.21. The summed E-state index contributed by atoms with van der Waals surface area (Å²) in [6, 6.07) is 6.43. The predicted octanol–water partition coefficient (Wildman–Crippen LogP) is 2.42. The van der Waals surface area contributed by atoms with E-state index in [0.717, 1.165) is 37.5 Å². The number of guanidine groups is 1. The summed E-state index contributed by atoms with van der Waals surface area (Å²) in [5.41, 5.74) is 0.968. The Labute approximate surface area is 199 Å². The third kappa shape index (κ3) is 7.17. The second-order valence-corrected chi connectivity index (χ2v) is 7.43. The summed E-state index contributed by atoms with van der Waals surface area (Å²) in [6.45, 7) is 8.87. The number of halogens is 1. The number of nitrogens with zero attached hydrogens (tertiary/aromatic N) is 4. The summed E-state index contributed by atoms with van der Waals surface area (Å²) in [6.07, 6.45) is 3.36. The average molecular weight is 543 g/mol. The molecule has 9 nitrogen and oxygen atoms in total. The second kappa shape index (κ2) is 12.6. The highest BCUT2D eigenvalue weighted by atomic mass is 127. The number of piperidine rings is 1. The lowest BCUT2D eigenvalue weighted by Gasteiger charge is -2.36. The standard InChI is InChI=1S/C21H29N5O4.HI/c1-2-9-22-21(23-16-17-3-5-19(6-4-17)26(28)29)25-10-7-18(8-11-25)20(27)24-12-14-30-15-13-24;/h2-6,18H,1,7-16H2,(H,22,23);1H. The number of likely N-dealkylation sites (tertiary alicyclic amines) is 1. The number of non-ortho nitro benzene ring substituents is 1. The maximum absolute atomic E-state index is 12.7. The molecule has 1 aromatic carbocycles. The molecule has 2 aliphatic heterocycles. The number of aliphatic imine (C=N–C) groups is 1. The summed E-state index contributed by atoms with van der Waals surface area (Å²) >= 11 is 0. The molecule has 0 radical (unpaired) electrons. The molecule has 2 saturated heterocycles. The van der Waals surface area contributed by atoms with Crippen LogP contribution in [0.4, 0.5) is 5.69 Å². The second-order valence-electron chi connectivity index (χ2n) is 7.43. The number of nitro groups is 1. The van der Waals surface area contributed by atoms with Gasteiger partial charge in [-0.3, -0.25) is 14.9 Å². The topological polar surface area (TPSA) is 100 Å². The van der Waals surface area contributed by atoms with Gasteiger partial charge in [0.2, 0.25) is 5.91 Å². The minimum Gasteiger partial charge on any atom is -0.378 e. The van der Waals surface area contributed by atoms with E-state index in [0.29, 0.717) is 39.4 Å². The van der Waals surface area contributed by atoms with Crippen molar-refractivity contribution in [2.75, 3.05) is 45.9 Å². The molecule has 0 atom stereocenters. The van der Waals surface area contributed by atoms with Crippen molar-refractivity contribution in [3.8, 4) is 0 Å². The van der Waals surface area contributed by atoms with Crippen LogP contribution >= 0.6 is 24.0 Å². The van der Waals surface area contributed by atoms with Crippen LogP contribution < -0.4 is 5.32 Å². The van der Waals surface area contributed by atoms with Gasteiger partial charge in [-0.25, -0.2) is 4.99 Å². The highest BCUT2D eigenvalue weighted by molar-refractivity contribution is 14.0. The van der Waals surface area contributed by atoms with Gasteiger partial charge in [0, 0.05) is 50.8 Å². The summed E-state index contributed by atoms with van der Waals surface area (Å²) in [7, 11) is 0. The largest absolute Gasteiger partial charge is 0.378 e. The van der Waals surface area contributed by atoms with Crippen molar-refractivity contribution in [2.45, 2.75) is 19.4 Å². The van der Waals surface area contributed by atoms with Gasteiger partial charge in [-0.1, -0.05) is 18.2 Å². The molecule has 0 spiro atoms. The molecule has 0 saturated carbocycles. The lowest BCUT2D eigenvalue weighted by molar-refractivity contribution is -0.384. The lowest BCUT2D eigenvalue weighted by Crippen LogP contribution is -2.50. The summed E-state index contributed by atoms with van der Waals surface area (Å²) in [4.78, 5) is 31.9. The molecule has 2 heterocycles. The molecule has 0 bridgehead atoms. The SMILES string of the molecule is C=CCNC(=NCc1ccc([N+](=O)[O-])cc1)N1CCC(C(=O)N2CCOCC2)CC1.I. The number of ether oxygens (including phenoxy) is 1. The Morgan fingerprint density at radius 3 is 2.42 bits per heavy atom. The van der Waals surface area contributed by atoms with Gasteiger partial charge in [0.05, 0.1) is 24.7 Å². The van der Waals surface area contributed by atoms with E-state index in [1.165, 1.54) is 12.1 Å². The summed E-state index contributed by atoms with van der Waals surface area (Å²) in [5, 5.41) is 14.1. The minimum atomic E-state index is -0.410. The predicted molar refractivity (Wildman–Crippen MR) is 130 cm³/mol. The van der Waals surface area contributed by atoms with Gasteiger partial charge in [0.25, 0.3) is 5.69 Å². The first-order valence-electron chi connectivity index (χ1n) is 10.3. The zero-order valence-corrected chi connectivity index (χ0v) is 19.9. The van der Waals surface area contributed by atoms with Gasteiger partial charge in [0.1, 0.15) is 0 Å². The number of morpholine rings is 1.